The number of hydrogen-bond acceptors (Lipinski definition) is 3. The highest BCUT2D eigenvalue weighted by Gasteiger charge is 2.24. The van der Waals surface area contributed by atoms with Crippen molar-refractivity contribution in [1.29, 1.82) is 0 Å². The number of fused-ring (bicyclic) bond motifs is 1. The first kappa shape index (κ1) is 12.9. The van der Waals surface area contributed by atoms with Gasteiger partial charge in [-0.1, -0.05) is 18.2 Å². The predicted octanol–water partition coefficient (Wildman–Crippen LogP) is 3.75. The third kappa shape index (κ3) is 2.20. The fraction of sp³-hybridized carbons (Fsp3) is 0.294. The Morgan fingerprint density at radius 2 is 2.00 bits per heavy atom. The van der Waals surface area contributed by atoms with E-state index in [-0.39, 0.29) is 0 Å². The molecule has 1 unspecified atom stereocenters. The summed E-state index contributed by atoms with van der Waals surface area (Å²) in [5.41, 5.74) is 10.5. The molecule has 0 bridgehead atoms. The number of hydrogen-bond donors (Lipinski definition) is 1. The second kappa shape index (κ2) is 5.08. The molecule has 1 aliphatic rings. The Balaban J connectivity index is 2.11. The van der Waals surface area contributed by atoms with Gasteiger partial charge in [-0.05, 0) is 37.5 Å². The summed E-state index contributed by atoms with van der Waals surface area (Å²) in [5.74, 6) is 0.801. The first-order valence-electron chi connectivity index (χ1n) is 7.01. The normalized spacial score (nSPS) is 17.7. The number of nitrogens with zero attached hydrogens (tertiary/aromatic N) is 1. The molecule has 1 atom stereocenters. The van der Waals surface area contributed by atoms with Crippen molar-refractivity contribution in [3.63, 3.8) is 0 Å². The monoisotopic (exact) mass is 268 g/mol. The fourth-order valence-corrected chi connectivity index (χ4v) is 2.94. The van der Waals surface area contributed by atoms with Crippen LogP contribution in [0.25, 0.3) is 0 Å². The molecule has 1 aliphatic heterocycles. The van der Waals surface area contributed by atoms with Crippen LogP contribution in [0, 0.1) is 0 Å². The lowest BCUT2D eigenvalue weighted by atomic mass is 9.96. The molecule has 2 N–H and O–H groups in total. The van der Waals surface area contributed by atoms with Crippen molar-refractivity contribution in [2.24, 2.45) is 0 Å². The van der Waals surface area contributed by atoms with Gasteiger partial charge >= 0.3 is 0 Å². The summed E-state index contributed by atoms with van der Waals surface area (Å²) in [6.45, 7) is 2.26. The molecule has 3 nitrogen and oxygen atoms in total. The molecule has 0 spiro atoms. The smallest absolute Gasteiger partial charge is 0.122 e. The number of rotatable bonds is 2. The SMILES string of the molecule is COc1cc(N)cc(N2c3ccccc3CCC2C)c1. The Labute approximate surface area is 120 Å². The highest BCUT2D eigenvalue weighted by Crippen LogP contribution is 2.38. The van der Waals surface area contributed by atoms with Crippen molar-refractivity contribution in [2.75, 3.05) is 17.7 Å². The van der Waals surface area contributed by atoms with Gasteiger partial charge < -0.3 is 15.4 Å². The summed E-state index contributed by atoms with van der Waals surface area (Å²) in [6, 6.07) is 15.0. The van der Waals surface area contributed by atoms with Crippen LogP contribution in [-0.4, -0.2) is 13.2 Å². The van der Waals surface area contributed by atoms with Crippen molar-refractivity contribution < 1.29 is 4.74 Å². The molecule has 3 heteroatoms. The molecule has 3 rings (SSSR count). The molecule has 2 aromatic rings. The van der Waals surface area contributed by atoms with Gasteiger partial charge in [0.2, 0.25) is 0 Å². The number of benzene rings is 2. The van der Waals surface area contributed by atoms with Gasteiger partial charge in [0.05, 0.1) is 7.11 Å². The molecule has 0 amide bonds. The molecule has 0 saturated carbocycles. The molecule has 1 heterocycles. The van der Waals surface area contributed by atoms with Gasteiger partial charge in [-0.3, -0.25) is 0 Å². The Bertz CT molecular complexity index is 624. The van der Waals surface area contributed by atoms with E-state index in [1.165, 1.54) is 11.3 Å². The quantitative estimate of drug-likeness (QED) is 0.843. The van der Waals surface area contributed by atoms with E-state index in [2.05, 4.69) is 42.2 Å². The van der Waals surface area contributed by atoms with Crippen molar-refractivity contribution in [3.8, 4) is 5.75 Å². The summed E-state index contributed by atoms with van der Waals surface area (Å²) in [4.78, 5) is 2.36. The minimum Gasteiger partial charge on any atom is -0.497 e. The Morgan fingerprint density at radius 3 is 2.80 bits per heavy atom. The number of nitrogens with two attached hydrogens (primary N) is 1. The van der Waals surface area contributed by atoms with Crippen LogP contribution >= 0.6 is 0 Å². The molecule has 104 valence electrons. The summed E-state index contributed by atoms with van der Waals surface area (Å²) in [5, 5.41) is 0. The number of anilines is 3. The predicted molar refractivity (Wildman–Crippen MR) is 83.8 cm³/mol. The zero-order chi connectivity index (χ0) is 14.1. The van der Waals surface area contributed by atoms with E-state index in [1.807, 2.05) is 12.1 Å². The van der Waals surface area contributed by atoms with E-state index in [4.69, 9.17) is 10.5 Å². The van der Waals surface area contributed by atoms with Gasteiger partial charge in [-0.25, -0.2) is 0 Å². The second-order valence-electron chi connectivity index (χ2n) is 5.35. The van der Waals surface area contributed by atoms with Crippen LogP contribution in [0.15, 0.2) is 42.5 Å². The number of para-hydroxylation sites is 1. The van der Waals surface area contributed by atoms with Crippen molar-refractivity contribution in [3.05, 3.63) is 48.0 Å². The summed E-state index contributed by atoms with van der Waals surface area (Å²) in [7, 11) is 1.67. The van der Waals surface area contributed by atoms with E-state index in [9.17, 15) is 0 Å². The first-order valence-corrected chi connectivity index (χ1v) is 7.01. The lowest BCUT2D eigenvalue weighted by molar-refractivity contribution is 0.415. The van der Waals surface area contributed by atoms with Gasteiger partial charge in [0.15, 0.2) is 0 Å². The van der Waals surface area contributed by atoms with Crippen LogP contribution in [0.3, 0.4) is 0 Å². The Kier molecular flexibility index (Phi) is 3.26. The average Bonchev–Trinajstić information content (AvgIpc) is 2.46. The van der Waals surface area contributed by atoms with E-state index in [0.29, 0.717) is 6.04 Å². The van der Waals surface area contributed by atoms with E-state index in [0.717, 1.165) is 30.0 Å². The molecule has 0 aliphatic carbocycles. The van der Waals surface area contributed by atoms with Crippen LogP contribution in [0.1, 0.15) is 18.9 Å². The zero-order valence-electron chi connectivity index (χ0n) is 12.0. The lowest BCUT2D eigenvalue weighted by Crippen LogP contribution is -2.33. The van der Waals surface area contributed by atoms with Gasteiger partial charge in [0.1, 0.15) is 5.75 Å². The van der Waals surface area contributed by atoms with Gasteiger partial charge in [0.25, 0.3) is 0 Å². The minimum atomic E-state index is 0.455. The molecular weight excluding hydrogens is 248 g/mol. The summed E-state index contributed by atoms with van der Waals surface area (Å²) >= 11 is 0. The molecule has 2 aromatic carbocycles. The Hall–Kier alpha value is -2.16. The van der Waals surface area contributed by atoms with Crippen molar-refractivity contribution >= 4 is 17.1 Å². The standard InChI is InChI=1S/C17H20N2O/c1-12-7-8-13-5-3-4-6-17(13)19(12)15-9-14(18)10-16(11-15)20-2/h3-6,9-12H,7-8,18H2,1-2H3. The van der Waals surface area contributed by atoms with Crippen molar-refractivity contribution in [2.45, 2.75) is 25.8 Å². The maximum absolute atomic E-state index is 6.00. The van der Waals surface area contributed by atoms with Crippen LogP contribution in [-0.2, 0) is 6.42 Å². The van der Waals surface area contributed by atoms with E-state index >= 15 is 0 Å². The highest BCUT2D eigenvalue weighted by atomic mass is 16.5. The number of methoxy groups -OCH3 is 1. The summed E-state index contributed by atoms with van der Waals surface area (Å²) < 4.78 is 5.34. The molecular formula is C17H20N2O. The van der Waals surface area contributed by atoms with Gasteiger partial charge in [0, 0.05) is 35.2 Å². The molecule has 0 radical (unpaired) electrons. The van der Waals surface area contributed by atoms with Gasteiger partial charge in [-0.15, -0.1) is 0 Å². The number of nitrogen functional groups attached to an aromatic ring is 1. The molecule has 0 aromatic heterocycles. The average molecular weight is 268 g/mol. The zero-order valence-corrected chi connectivity index (χ0v) is 12.0. The third-order valence-electron chi connectivity index (χ3n) is 3.95. The lowest BCUT2D eigenvalue weighted by Gasteiger charge is -2.37. The van der Waals surface area contributed by atoms with Crippen LogP contribution in [0.2, 0.25) is 0 Å². The first-order chi connectivity index (χ1) is 9.69. The van der Waals surface area contributed by atoms with Crippen LogP contribution in [0.4, 0.5) is 17.1 Å². The maximum atomic E-state index is 6.00. The highest BCUT2D eigenvalue weighted by molar-refractivity contribution is 5.72. The largest absolute Gasteiger partial charge is 0.497 e. The molecule has 0 fully saturated rings. The second-order valence-corrected chi connectivity index (χ2v) is 5.35. The minimum absolute atomic E-state index is 0.455. The maximum Gasteiger partial charge on any atom is 0.122 e. The van der Waals surface area contributed by atoms with E-state index < -0.39 is 0 Å². The van der Waals surface area contributed by atoms with Crippen molar-refractivity contribution in [1.82, 2.24) is 0 Å². The fourth-order valence-electron chi connectivity index (χ4n) is 2.94. The number of ether oxygens (including phenoxy) is 1. The topological polar surface area (TPSA) is 38.5 Å². The molecule has 20 heavy (non-hydrogen) atoms. The third-order valence-corrected chi connectivity index (χ3v) is 3.95. The number of aryl methyl sites for hydroxylation is 1. The molecule has 0 saturated heterocycles. The van der Waals surface area contributed by atoms with Crippen LogP contribution < -0.4 is 15.4 Å². The van der Waals surface area contributed by atoms with Gasteiger partial charge in [-0.2, -0.15) is 0 Å². The van der Waals surface area contributed by atoms with Crippen LogP contribution in [0.5, 0.6) is 5.75 Å². The summed E-state index contributed by atoms with van der Waals surface area (Å²) in [6.07, 6.45) is 2.28. The Morgan fingerprint density at radius 1 is 1.20 bits per heavy atom. The van der Waals surface area contributed by atoms with E-state index in [1.54, 1.807) is 7.11 Å².